The molecule has 1 rings (SSSR count). The average molecular weight is 451 g/mol. The molecule has 0 radical (unpaired) electrons. The summed E-state index contributed by atoms with van der Waals surface area (Å²) in [6.07, 6.45) is 3.33. The first-order valence-corrected chi connectivity index (χ1v) is 14.7. The van der Waals surface area contributed by atoms with Crippen LogP contribution in [0.4, 0.5) is 0 Å². The Balaban J connectivity index is 2.48. The summed E-state index contributed by atoms with van der Waals surface area (Å²) in [5.41, 5.74) is 0. The van der Waals surface area contributed by atoms with E-state index in [9.17, 15) is 30.3 Å². The molecule has 1 saturated heterocycles. The largest absolute Gasteiger partial charge is 0.477 e. The smallest absolute Gasteiger partial charge is 0.367 e. The summed E-state index contributed by atoms with van der Waals surface area (Å²) in [7, 11) is -1.63. The summed E-state index contributed by atoms with van der Waals surface area (Å²) < 4.78 is 10.7. The van der Waals surface area contributed by atoms with Crippen molar-refractivity contribution in [3.8, 4) is 0 Å². The van der Waals surface area contributed by atoms with Gasteiger partial charge in [-0.05, 0) is 6.04 Å². The van der Waals surface area contributed by atoms with Gasteiger partial charge in [0.05, 0.1) is 6.61 Å². The molecule has 0 saturated carbocycles. The molecule has 5 atom stereocenters. The molecular formula is C21H42O8Si. The van der Waals surface area contributed by atoms with E-state index in [4.69, 9.17) is 9.47 Å². The van der Waals surface area contributed by atoms with Crippen molar-refractivity contribution in [2.45, 2.75) is 114 Å². The molecule has 9 heteroatoms. The third-order valence-corrected chi connectivity index (χ3v) is 9.32. The lowest BCUT2D eigenvalue weighted by atomic mass is 9.92. The Morgan fingerprint density at radius 2 is 1.53 bits per heavy atom. The highest BCUT2D eigenvalue weighted by Crippen LogP contribution is 2.32. The van der Waals surface area contributed by atoms with Gasteiger partial charge in [0.2, 0.25) is 0 Å². The van der Waals surface area contributed by atoms with Gasteiger partial charge in [0, 0.05) is 14.7 Å². The Hall–Kier alpha value is -0.553. The number of unbranched alkanes of at least 4 members (excludes halogenated alkanes) is 7. The first-order chi connectivity index (χ1) is 14.1. The molecule has 0 bridgehead atoms. The van der Waals surface area contributed by atoms with Gasteiger partial charge < -0.3 is 35.0 Å². The second-order valence-electron chi connectivity index (χ2n) is 9.23. The Morgan fingerprint density at radius 1 is 0.967 bits per heavy atom. The number of hydrogen-bond acceptors (Lipinski definition) is 7. The van der Waals surface area contributed by atoms with Crippen molar-refractivity contribution in [3.05, 3.63) is 0 Å². The van der Waals surface area contributed by atoms with Gasteiger partial charge in [0.1, 0.15) is 24.4 Å². The molecular weight excluding hydrogens is 408 g/mol. The summed E-state index contributed by atoms with van der Waals surface area (Å²) in [6.45, 7) is 6.01. The summed E-state index contributed by atoms with van der Waals surface area (Å²) in [5, 5.41) is 49.0. The van der Waals surface area contributed by atoms with Crippen molar-refractivity contribution in [3.63, 3.8) is 0 Å². The second-order valence-corrected chi connectivity index (χ2v) is 14.6. The fraction of sp³-hybridized carbons (Fsp3) is 0.952. The zero-order valence-electron chi connectivity index (χ0n) is 18.8. The molecule has 0 aromatic rings. The van der Waals surface area contributed by atoms with E-state index in [-0.39, 0.29) is 6.61 Å². The molecule has 1 fully saturated rings. The minimum atomic E-state index is -2.50. The van der Waals surface area contributed by atoms with Crippen molar-refractivity contribution >= 4 is 14.0 Å². The number of aliphatic hydroxyl groups excluding tert-OH is 4. The van der Waals surface area contributed by atoms with Crippen LogP contribution in [0.5, 0.6) is 0 Å². The standard InChI is InChI=1S/C21H42O8Si/c1-4-5-6-7-8-9-10-11-13-30(2,3)14-12-28-21(20(26)27)19(25)18(24)17(23)16(15-22)29-21/h16-19,22-25H,4-15H2,1-3H3,(H,26,27)/t16-,17-,18+,19-,21-/m1/s1. The van der Waals surface area contributed by atoms with Gasteiger partial charge in [-0.25, -0.2) is 4.79 Å². The molecule has 1 heterocycles. The minimum Gasteiger partial charge on any atom is -0.477 e. The molecule has 1 aliphatic heterocycles. The van der Waals surface area contributed by atoms with Crippen LogP contribution in [0.25, 0.3) is 0 Å². The third kappa shape index (κ3) is 7.85. The molecule has 0 amide bonds. The highest BCUT2D eigenvalue weighted by atomic mass is 28.3. The number of aliphatic hydroxyl groups is 4. The topological polar surface area (TPSA) is 137 Å². The second kappa shape index (κ2) is 13.1. The molecule has 178 valence electrons. The molecule has 0 unspecified atom stereocenters. The van der Waals surface area contributed by atoms with Crippen LogP contribution in [0.15, 0.2) is 0 Å². The lowest BCUT2D eigenvalue weighted by molar-refractivity contribution is -0.351. The fourth-order valence-electron chi connectivity index (χ4n) is 3.84. The predicted octanol–water partition coefficient (Wildman–Crippen LogP) is 2.11. The number of carboxylic acids is 1. The number of rotatable bonds is 15. The minimum absolute atomic E-state index is 0.0561. The Kier molecular flexibility index (Phi) is 12.0. The maximum absolute atomic E-state index is 11.8. The molecule has 0 spiro atoms. The molecule has 0 aliphatic carbocycles. The van der Waals surface area contributed by atoms with Gasteiger partial charge >= 0.3 is 5.97 Å². The fourth-order valence-corrected chi connectivity index (χ4v) is 5.95. The maximum atomic E-state index is 11.8. The van der Waals surface area contributed by atoms with Crippen LogP contribution in [0.1, 0.15) is 58.3 Å². The van der Waals surface area contributed by atoms with Crippen LogP contribution in [0.2, 0.25) is 25.2 Å². The van der Waals surface area contributed by atoms with E-state index in [0.717, 1.165) is 12.5 Å². The van der Waals surface area contributed by atoms with Crippen molar-refractivity contribution in [2.75, 3.05) is 13.2 Å². The molecule has 8 nitrogen and oxygen atoms in total. The zero-order valence-corrected chi connectivity index (χ0v) is 19.8. The monoisotopic (exact) mass is 450 g/mol. The van der Waals surface area contributed by atoms with Gasteiger partial charge in [-0.2, -0.15) is 0 Å². The first-order valence-electron chi connectivity index (χ1n) is 11.3. The normalized spacial score (nSPS) is 29.8. The number of carboxylic acid groups (broad SMARTS) is 1. The summed E-state index contributed by atoms with van der Waals surface area (Å²) in [6, 6.07) is 1.78. The van der Waals surface area contributed by atoms with E-state index in [1.165, 1.54) is 44.9 Å². The lowest BCUT2D eigenvalue weighted by Crippen LogP contribution is -2.69. The average Bonchev–Trinajstić information content (AvgIpc) is 2.69. The van der Waals surface area contributed by atoms with Crippen molar-refractivity contribution in [1.82, 2.24) is 0 Å². The number of ether oxygens (including phenoxy) is 2. The molecule has 1 aliphatic rings. The van der Waals surface area contributed by atoms with Crippen LogP contribution in [0, 0.1) is 0 Å². The van der Waals surface area contributed by atoms with Gasteiger partial charge in [-0.1, -0.05) is 77.4 Å². The van der Waals surface area contributed by atoms with Crippen molar-refractivity contribution in [2.24, 2.45) is 0 Å². The quantitative estimate of drug-likeness (QED) is 0.189. The van der Waals surface area contributed by atoms with Crippen LogP contribution >= 0.6 is 0 Å². The Morgan fingerprint density at radius 3 is 2.07 bits per heavy atom. The highest BCUT2D eigenvalue weighted by Gasteiger charge is 2.59. The van der Waals surface area contributed by atoms with Crippen molar-refractivity contribution in [1.29, 1.82) is 0 Å². The first kappa shape index (κ1) is 27.5. The van der Waals surface area contributed by atoms with Gasteiger partial charge in [-0.3, -0.25) is 0 Å². The zero-order chi connectivity index (χ0) is 22.8. The maximum Gasteiger partial charge on any atom is 0.367 e. The van der Waals surface area contributed by atoms with Gasteiger partial charge in [0.25, 0.3) is 5.79 Å². The van der Waals surface area contributed by atoms with E-state index in [1.54, 1.807) is 0 Å². The molecule has 5 N–H and O–H groups in total. The number of hydrogen-bond donors (Lipinski definition) is 5. The summed E-state index contributed by atoms with van der Waals surface area (Å²) in [5.74, 6) is -4.10. The SMILES string of the molecule is CCCCCCCCCC[Si](C)(C)CCO[C@@]1(C(=O)O)O[C@H](CO)[C@@H](O)[C@H](O)[C@H]1O. The van der Waals surface area contributed by atoms with Crippen LogP contribution in [-0.4, -0.2) is 83.0 Å². The highest BCUT2D eigenvalue weighted by molar-refractivity contribution is 6.77. The van der Waals surface area contributed by atoms with Gasteiger partial charge in [0.15, 0.2) is 0 Å². The number of aliphatic carboxylic acids is 1. The summed E-state index contributed by atoms with van der Waals surface area (Å²) >= 11 is 0. The molecule has 0 aromatic carbocycles. The Bertz CT molecular complexity index is 501. The van der Waals surface area contributed by atoms with Crippen LogP contribution in [0.3, 0.4) is 0 Å². The van der Waals surface area contributed by atoms with E-state index in [2.05, 4.69) is 20.0 Å². The van der Waals surface area contributed by atoms with Gasteiger partial charge in [-0.15, -0.1) is 0 Å². The summed E-state index contributed by atoms with van der Waals surface area (Å²) in [4.78, 5) is 11.8. The van der Waals surface area contributed by atoms with E-state index in [1.807, 2.05) is 0 Å². The van der Waals surface area contributed by atoms with Crippen LogP contribution < -0.4 is 0 Å². The van der Waals surface area contributed by atoms with Crippen LogP contribution in [-0.2, 0) is 14.3 Å². The third-order valence-electron chi connectivity index (χ3n) is 6.05. The lowest BCUT2D eigenvalue weighted by Gasteiger charge is -2.45. The van der Waals surface area contributed by atoms with E-state index >= 15 is 0 Å². The number of carbonyl (C=O) groups is 1. The predicted molar refractivity (Wildman–Crippen MR) is 116 cm³/mol. The van der Waals surface area contributed by atoms with E-state index < -0.39 is 50.9 Å². The molecule has 0 aromatic heterocycles. The molecule has 30 heavy (non-hydrogen) atoms. The van der Waals surface area contributed by atoms with E-state index in [0.29, 0.717) is 6.04 Å². The Labute approximate surface area is 181 Å². The van der Waals surface area contributed by atoms with Crippen molar-refractivity contribution < 1.29 is 39.8 Å².